The van der Waals surface area contributed by atoms with Crippen LogP contribution in [0.3, 0.4) is 0 Å². The third-order valence-electron chi connectivity index (χ3n) is 1.85. The van der Waals surface area contributed by atoms with Crippen LogP contribution in [0.5, 0.6) is 0 Å². The SMILES string of the molecule is Nc1cc(F)c(C(=O)OCOCC(F)(F)F)cc1F. The average Bonchev–Trinajstić information content (AvgIpc) is 2.28. The highest BCUT2D eigenvalue weighted by molar-refractivity contribution is 5.90. The molecule has 106 valence electrons. The molecule has 1 aromatic rings. The first-order valence-corrected chi connectivity index (χ1v) is 4.77. The minimum absolute atomic E-state index is 0.483. The van der Waals surface area contributed by atoms with Crippen LogP contribution in [-0.4, -0.2) is 25.5 Å². The zero-order chi connectivity index (χ0) is 14.6. The highest BCUT2D eigenvalue weighted by Gasteiger charge is 2.27. The van der Waals surface area contributed by atoms with Crippen LogP contribution in [0, 0.1) is 11.6 Å². The number of benzene rings is 1. The molecular weight excluding hydrogens is 277 g/mol. The average molecular weight is 285 g/mol. The molecular formula is C10H8F5NO3. The predicted molar refractivity (Wildman–Crippen MR) is 53.1 cm³/mol. The summed E-state index contributed by atoms with van der Waals surface area (Å²) < 4.78 is 69.4. The van der Waals surface area contributed by atoms with Crippen molar-refractivity contribution in [2.45, 2.75) is 6.18 Å². The zero-order valence-corrected chi connectivity index (χ0v) is 9.26. The summed E-state index contributed by atoms with van der Waals surface area (Å²) in [5.74, 6) is -3.57. The molecule has 0 aliphatic rings. The van der Waals surface area contributed by atoms with Gasteiger partial charge in [-0.05, 0) is 6.07 Å². The Morgan fingerprint density at radius 3 is 2.42 bits per heavy atom. The van der Waals surface area contributed by atoms with Gasteiger partial charge in [0.25, 0.3) is 0 Å². The number of nitrogen functional groups attached to an aromatic ring is 1. The maximum Gasteiger partial charge on any atom is 0.411 e. The fourth-order valence-corrected chi connectivity index (χ4v) is 1.05. The van der Waals surface area contributed by atoms with Crippen molar-refractivity contribution in [1.82, 2.24) is 0 Å². The standard InChI is InChI=1S/C10H8F5NO3/c11-6-2-8(16)7(12)1-5(6)9(17)19-4-18-3-10(13,14)15/h1-2H,3-4,16H2. The number of anilines is 1. The topological polar surface area (TPSA) is 61.6 Å². The molecule has 0 saturated heterocycles. The molecule has 9 heteroatoms. The first-order chi connectivity index (χ1) is 8.70. The molecule has 0 fully saturated rings. The lowest BCUT2D eigenvalue weighted by molar-refractivity contribution is -0.190. The molecule has 0 aliphatic carbocycles. The molecule has 19 heavy (non-hydrogen) atoms. The van der Waals surface area contributed by atoms with Crippen LogP contribution >= 0.6 is 0 Å². The van der Waals surface area contributed by atoms with E-state index in [2.05, 4.69) is 9.47 Å². The number of hydrogen-bond donors (Lipinski definition) is 1. The molecule has 0 aliphatic heterocycles. The first kappa shape index (κ1) is 15.2. The third-order valence-corrected chi connectivity index (χ3v) is 1.85. The van der Waals surface area contributed by atoms with Crippen LogP contribution < -0.4 is 5.73 Å². The van der Waals surface area contributed by atoms with E-state index in [0.29, 0.717) is 12.1 Å². The van der Waals surface area contributed by atoms with E-state index >= 15 is 0 Å². The maximum absolute atomic E-state index is 13.2. The molecule has 1 aromatic carbocycles. The molecule has 0 spiro atoms. The van der Waals surface area contributed by atoms with Crippen molar-refractivity contribution in [3.8, 4) is 0 Å². The van der Waals surface area contributed by atoms with E-state index in [1.807, 2.05) is 0 Å². The number of halogens is 5. The second-order valence-corrected chi connectivity index (χ2v) is 3.37. The van der Waals surface area contributed by atoms with Gasteiger partial charge < -0.3 is 15.2 Å². The van der Waals surface area contributed by atoms with E-state index < -0.39 is 48.4 Å². The Morgan fingerprint density at radius 2 is 1.84 bits per heavy atom. The Hall–Kier alpha value is -1.90. The number of carbonyl (C=O) groups is 1. The van der Waals surface area contributed by atoms with Crippen molar-refractivity contribution in [2.24, 2.45) is 0 Å². The molecule has 4 nitrogen and oxygen atoms in total. The van der Waals surface area contributed by atoms with Crippen molar-refractivity contribution in [1.29, 1.82) is 0 Å². The van der Waals surface area contributed by atoms with Crippen molar-refractivity contribution < 1.29 is 36.2 Å². The number of carbonyl (C=O) groups excluding carboxylic acids is 1. The van der Waals surface area contributed by atoms with Crippen LogP contribution in [0.15, 0.2) is 12.1 Å². The minimum atomic E-state index is -4.58. The van der Waals surface area contributed by atoms with Gasteiger partial charge in [0.1, 0.15) is 18.2 Å². The fraction of sp³-hybridized carbons (Fsp3) is 0.300. The molecule has 0 bridgehead atoms. The van der Waals surface area contributed by atoms with E-state index in [9.17, 15) is 26.7 Å². The van der Waals surface area contributed by atoms with Crippen LogP contribution in [-0.2, 0) is 9.47 Å². The van der Waals surface area contributed by atoms with Gasteiger partial charge in [-0.15, -0.1) is 0 Å². The van der Waals surface area contributed by atoms with Crippen molar-refractivity contribution in [3.63, 3.8) is 0 Å². The largest absolute Gasteiger partial charge is 0.435 e. The number of rotatable bonds is 4. The van der Waals surface area contributed by atoms with E-state index in [-0.39, 0.29) is 0 Å². The van der Waals surface area contributed by atoms with E-state index in [1.165, 1.54) is 0 Å². The van der Waals surface area contributed by atoms with E-state index in [1.54, 1.807) is 0 Å². The van der Waals surface area contributed by atoms with Gasteiger partial charge >= 0.3 is 12.1 Å². The van der Waals surface area contributed by atoms with Gasteiger partial charge in [-0.2, -0.15) is 13.2 Å². The second-order valence-electron chi connectivity index (χ2n) is 3.37. The molecule has 0 unspecified atom stereocenters. The molecule has 0 saturated carbocycles. The first-order valence-electron chi connectivity index (χ1n) is 4.77. The highest BCUT2D eigenvalue weighted by atomic mass is 19.4. The quantitative estimate of drug-likeness (QED) is 0.303. The minimum Gasteiger partial charge on any atom is -0.435 e. The van der Waals surface area contributed by atoms with Gasteiger partial charge in [-0.3, -0.25) is 0 Å². The Morgan fingerprint density at radius 1 is 1.21 bits per heavy atom. The monoisotopic (exact) mass is 285 g/mol. The van der Waals surface area contributed by atoms with Gasteiger partial charge in [0.15, 0.2) is 6.79 Å². The Balaban J connectivity index is 2.57. The summed E-state index contributed by atoms with van der Waals surface area (Å²) in [7, 11) is 0. The summed E-state index contributed by atoms with van der Waals surface area (Å²) in [6.45, 7) is -2.66. The Kier molecular flexibility index (Phi) is 4.65. The smallest absolute Gasteiger partial charge is 0.411 e. The molecule has 0 aromatic heterocycles. The Labute approximate surface area is 103 Å². The summed E-state index contributed by atoms with van der Waals surface area (Å²) in [4.78, 5) is 11.2. The lowest BCUT2D eigenvalue weighted by Crippen LogP contribution is -2.19. The van der Waals surface area contributed by atoms with Crippen molar-refractivity contribution in [2.75, 3.05) is 19.1 Å². The van der Waals surface area contributed by atoms with Gasteiger partial charge in [0.05, 0.1) is 11.3 Å². The van der Waals surface area contributed by atoms with Crippen LogP contribution in [0.4, 0.5) is 27.6 Å². The molecule has 0 radical (unpaired) electrons. The number of alkyl halides is 3. The van der Waals surface area contributed by atoms with E-state index in [4.69, 9.17) is 5.73 Å². The Bertz CT molecular complexity index is 475. The van der Waals surface area contributed by atoms with Crippen molar-refractivity contribution >= 4 is 11.7 Å². The highest BCUT2D eigenvalue weighted by Crippen LogP contribution is 2.18. The van der Waals surface area contributed by atoms with Crippen LogP contribution in [0.2, 0.25) is 0 Å². The molecule has 0 heterocycles. The maximum atomic E-state index is 13.2. The summed E-state index contributed by atoms with van der Waals surface area (Å²) in [6.07, 6.45) is -4.58. The molecule has 1 rings (SSSR count). The second kappa shape index (κ2) is 5.83. The lowest BCUT2D eigenvalue weighted by atomic mass is 10.2. The van der Waals surface area contributed by atoms with Gasteiger partial charge in [0.2, 0.25) is 0 Å². The zero-order valence-electron chi connectivity index (χ0n) is 9.26. The van der Waals surface area contributed by atoms with E-state index in [0.717, 1.165) is 0 Å². The summed E-state index contributed by atoms with van der Waals surface area (Å²) in [5, 5.41) is 0. The van der Waals surface area contributed by atoms with Gasteiger partial charge in [0, 0.05) is 6.07 Å². The number of hydrogen-bond acceptors (Lipinski definition) is 4. The number of nitrogens with two attached hydrogens (primary N) is 1. The number of esters is 1. The summed E-state index contributed by atoms with van der Waals surface area (Å²) in [5.41, 5.74) is 3.74. The van der Waals surface area contributed by atoms with Gasteiger partial charge in [-0.1, -0.05) is 0 Å². The normalized spacial score (nSPS) is 11.4. The van der Waals surface area contributed by atoms with Crippen LogP contribution in [0.1, 0.15) is 10.4 Å². The van der Waals surface area contributed by atoms with Gasteiger partial charge in [-0.25, -0.2) is 13.6 Å². The fourth-order valence-electron chi connectivity index (χ4n) is 1.05. The lowest BCUT2D eigenvalue weighted by Gasteiger charge is -2.09. The summed E-state index contributed by atoms with van der Waals surface area (Å²) in [6, 6.07) is 1.04. The van der Waals surface area contributed by atoms with Crippen molar-refractivity contribution in [3.05, 3.63) is 29.3 Å². The molecule has 0 amide bonds. The molecule has 2 N–H and O–H groups in total. The van der Waals surface area contributed by atoms with Crippen LogP contribution in [0.25, 0.3) is 0 Å². The number of ether oxygens (including phenoxy) is 2. The molecule has 0 atom stereocenters. The summed E-state index contributed by atoms with van der Waals surface area (Å²) >= 11 is 0. The predicted octanol–water partition coefficient (Wildman–Crippen LogP) is 2.24. The third kappa shape index (κ3) is 4.70.